The number of Topliss-reactive ketones (excluding diaryl/α,β-unsaturated/α-hetero) is 1. The van der Waals surface area contributed by atoms with Gasteiger partial charge in [-0.15, -0.1) is 0 Å². The molecule has 0 fully saturated rings. The van der Waals surface area contributed by atoms with Crippen molar-refractivity contribution in [1.82, 2.24) is 4.90 Å². The van der Waals surface area contributed by atoms with Crippen LogP contribution in [-0.2, 0) is 13.0 Å². The number of hydrogen-bond donors (Lipinski definition) is 0. The van der Waals surface area contributed by atoms with E-state index in [9.17, 15) is 9.18 Å². The van der Waals surface area contributed by atoms with Crippen LogP contribution in [0.3, 0.4) is 0 Å². The summed E-state index contributed by atoms with van der Waals surface area (Å²) in [6.45, 7) is 2.08. The predicted octanol–water partition coefficient (Wildman–Crippen LogP) is 5.23. The molecule has 156 valence electrons. The fraction of sp³-hybridized carbons (Fsp3) is 0.192. The molecule has 0 unspecified atom stereocenters. The summed E-state index contributed by atoms with van der Waals surface area (Å²) >= 11 is 0. The number of nitrogens with zero attached hydrogens (tertiary/aromatic N) is 1. The molecule has 0 aromatic heterocycles. The van der Waals surface area contributed by atoms with Crippen LogP contribution in [0, 0.1) is 5.82 Å². The third-order valence-electron chi connectivity index (χ3n) is 5.63. The molecule has 0 radical (unpaired) electrons. The van der Waals surface area contributed by atoms with E-state index in [1.807, 2.05) is 12.1 Å². The van der Waals surface area contributed by atoms with Crippen LogP contribution in [0.4, 0.5) is 4.39 Å². The van der Waals surface area contributed by atoms with Crippen molar-refractivity contribution in [3.8, 4) is 11.5 Å². The van der Waals surface area contributed by atoms with Gasteiger partial charge >= 0.3 is 0 Å². The molecule has 0 bridgehead atoms. The molecule has 5 heteroatoms. The number of halogens is 1. The lowest BCUT2D eigenvalue weighted by Crippen LogP contribution is -2.33. The average Bonchev–Trinajstić information content (AvgIpc) is 3.12. The van der Waals surface area contributed by atoms with Crippen molar-refractivity contribution >= 4 is 11.9 Å². The smallest absolute Gasteiger partial charge is 0.231 e. The highest BCUT2D eigenvalue weighted by Crippen LogP contribution is 2.42. The van der Waals surface area contributed by atoms with Gasteiger partial charge in [-0.25, -0.2) is 4.39 Å². The van der Waals surface area contributed by atoms with E-state index in [0.29, 0.717) is 30.2 Å². The second-order valence-corrected chi connectivity index (χ2v) is 7.83. The minimum Gasteiger partial charge on any atom is -0.478 e. The van der Waals surface area contributed by atoms with Crippen LogP contribution < -0.4 is 9.47 Å². The average molecular weight is 415 g/mol. The normalized spacial score (nSPS) is 16.5. The fourth-order valence-corrected chi connectivity index (χ4v) is 4.01. The molecule has 5 rings (SSSR count). The number of benzene rings is 3. The minimum absolute atomic E-state index is 0.164. The maximum atomic E-state index is 13.2. The molecule has 2 aliphatic heterocycles. The quantitative estimate of drug-likeness (QED) is 0.535. The van der Waals surface area contributed by atoms with Gasteiger partial charge in [0.2, 0.25) is 5.78 Å². The highest BCUT2D eigenvalue weighted by molar-refractivity contribution is 6.15. The number of rotatable bonds is 5. The Labute approximate surface area is 180 Å². The van der Waals surface area contributed by atoms with Gasteiger partial charge < -0.3 is 9.47 Å². The Morgan fingerprint density at radius 3 is 2.61 bits per heavy atom. The first-order valence-corrected chi connectivity index (χ1v) is 10.4. The van der Waals surface area contributed by atoms with E-state index >= 15 is 0 Å². The molecule has 2 aliphatic rings. The van der Waals surface area contributed by atoms with Crippen LogP contribution in [0.1, 0.15) is 33.5 Å². The molecule has 0 saturated heterocycles. The summed E-state index contributed by atoms with van der Waals surface area (Å²) in [5.41, 5.74) is 3.48. The lowest BCUT2D eigenvalue weighted by Gasteiger charge is -2.29. The van der Waals surface area contributed by atoms with Gasteiger partial charge in [0.25, 0.3) is 0 Å². The summed E-state index contributed by atoms with van der Waals surface area (Å²) in [5.74, 6) is 1.10. The van der Waals surface area contributed by atoms with Gasteiger partial charge in [-0.05, 0) is 54.3 Å². The SMILES string of the molecule is O=C1/C(=C/c2ccc(F)cc2)Oc2c1ccc1c2CN(CCCc2ccccc2)CO1. The monoisotopic (exact) mass is 415 g/mol. The van der Waals surface area contributed by atoms with E-state index in [-0.39, 0.29) is 17.4 Å². The lowest BCUT2D eigenvalue weighted by atomic mass is 10.0. The number of ether oxygens (including phenoxy) is 2. The Bertz CT molecular complexity index is 1140. The molecule has 0 amide bonds. The van der Waals surface area contributed by atoms with E-state index in [2.05, 4.69) is 29.2 Å². The summed E-state index contributed by atoms with van der Waals surface area (Å²) in [7, 11) is 0. The number of allylic oxidation sites excluding steroid dienone is 1. The summed E-state index contributed by atoms with van der Waals surface area (Å²) in [4.78, 5) is 15.1. The van der Waals surface area contributed by atoms with E-state index in [1.54, 1.807) is 24.3 Å². The van der Waals surface area contributed by atoms with Gasteiger partial charge in [0.05, 0.1) is 11.1 Å². The molecule has 0 aliphatic carbocycles. The van der Waals surface area contributed by atoms with Crippen molar-refractivity contribution in [3.05, 3.63) is 101 Å². The molecule has 4 nitrogen and oxygen atoms in total. The minimum atomic E-state index is -0.317. The van der Waals surface area contributed by atoms with E-state index < -0.39 is 0 Å². The van der Waals surface area contributed by atoms with E-state index in [0.717, 1.165) is 30.7 Å². The molecular weight excluding hydrogens is 393 g/mol. The standard InChI is InChI=1S/C26H22FNO3/c27-20-10-8-19(9-11-20)15-24-25(29)21-12-13-23-22(26(21)31-24)16-28(17-30-23)14-4-7-18-5-2-1-3-6-18/h1-3,5-6,8-13,15H,4,7,14,16-17H2/b24-15-. The first kappa shape index (κ1) is 19.5. The summed E-state index contributed by atoms with van der Waals surface area (Å²) in [6.07, 6.45) is 3.68. The largest absolute Gasteiger partial charge is 0.478 e. The molecule has 0 atom stereocenters. The van der Waals surface area contributed by atoms with Crippen molar-refractivity contribution in [1.29, 1.82) is 0 Å². The zero-order chi connectivity index (χ0) is 21.2. The van der Waals surface area contributed by atoms with Gasteiger partial charge in [0, 0.05) is 13.1 Å². The Morgan fingerprint density at radius 2 is 1.81 bits per heavy atom. The van der Waals surface area contributed by atoms with Gasteiger partial charge in [0.1, 0.15) is 24.0 Å². The summed E-state index contributed by atoms with van der Waals surface area (Å²) < 4.78 is 25.1. The number of fused-ring (bicyclic) bond motifs is 3. The maximum absolute atomic E-state index is 13.2. The van der Waals surface area contributed by atoms with Gasteiger partial charge in [-0.1, -0.05) is 42.5 Å². The fourth-order valence-electron chi connectivity index (χ4n) is 4.01. The number of hydrogen-bond acceptors (Lipinski definition) is 4. The summed E-state index contributed by atoms with van der Waals surface area (Å²) in [5, 5.41) is 0. The predicted molar refractivity (Wildman–Crippen MR) is 116 cm³/mol. The lowest BCUT2D eigenvalue weighted by molar-refractivity contribution is 0.0928. The topological polar surface area (TPSA) is 38.8 Å². The van der Waals surface area contributed by atoms with Gasteiger partial charge in [-0.3, -0.25) is 9.69 Å². The number of carbonyl (C=O) groups excluding carboxylic acids is 1. The van der Waals surface area contributed by atoms with Crippen LogP contribution in [0.15, 0.2) is 72.5 Å². The number of aryl methyl sites for hydroxylation is 1. The molecule has 0 saturated carbocycles. The Kier molecular flexibility index (Phi) is 5.26. The first-order valence-electron chi connectivity index (χ1n) is 10.4. The van der Waals surface area contributed by atoms with Crippen LogP contribution in [0.2, 0.25) is 0 Å². The van der Waals surface area contributed by atoms with Crippen molar-refractivity contribution in [2.24, 2.45) is 0 Å². The van der Waals surface area contributed by atoms with Crippen molar-refractivity contribution in [2.75, 3.05) is 13.3 Å². The Hall–Kier alpha value is -3.44. The second-order valence-electron chi connectivity index (χ2n) is 7.83. The van der Waals surface area contributed by atoms with Crippen molar-refractivity contribution in [3.63, 3.8) is 0 Å². The molecular formula is C26H22FNO3. The Morgan fingerprint density at radius 1 is 1.00 bits per heavy atom. The molecule has 3 aromatic rings. The number of carbonyl (C=O) groups is 1. The Balaban J connectivity index is 1.31. The van der Waals surface area contributed by atoms with Crippen molar-refractivity contribution in [2.45, 2.75) is 19.4 Å². The van der Waals surface area contributed by atoms with Crippen molar-refractivity contribution < 1.29 is 18.7 Å². The summed E-state index contributed by atoms with van der Waals surface area (Å²) in [6, 6.07) is 20.0. The van der Waals surface area contributed by atoms with Crippen LogP contribution in [-0.4, -0.2) is 24.0 Å². The zero-order valence-electron chi connectivity index (χ0n) is 17.0. The van der Waals surface area contributed by atoms with E-state index in [1.165, 1.54) is 17.7 Å². The highest BCUT2D eigenvalue weighted by Gasteiger charge is 2.33. The number of ketones is 1. The molecule has 2 heterocycles. The van der Waals surface area contributed by atoms with E-state index in [4.69, 9.17) is 9.47 Å². The third kappa shape index (κ3) is 4.09. The second kappa shape index (κ2) is 8.36. The van der Waals surface area contributed by atoms with Crippen LogP contribution in [0.25, 0.3) is 6.08 Å². The van der Waals surface area contributed by atoms with Gasteiger partial charge in [0.15, 0.2) is 5.76 Å². The highest BCUT2D eigenvalue weighted by atomic mass is 19.1. The van der Waals surface area contributed by atoms with Crippen LogP contribution in [0.5, 0.6) is 11.5 Å². The maximum Gasteiger partial charge on any atom is 0.231 e. The van der Waals surface area contributed by atoms with Crippen LogP contribution >= 0.6 is 0 Å². The molecule has 3 aromatic carbocycles. The van der Waals surface area contributed by atoms with Gasteiger partial charge in [-0.2, -0.15) is 0 Å². The molecule has 0 N–H and O–H groups in total. The molecule has 31 heavy (non-hydrogen) atoms. The molecule has 0 spiro atoms. The third-order valence-corrected chi connectivity index (χ3v) is 5.63. The first-order chi connectivity index (χ1) is 15.2. The zero-order valence-corrected chi connectivity index (χ0v) is 17.0.